The van der Waals surface area contributed by atoms with Gasteiger partial charge in [-0.1, -0.05) is 0 Å². The lowest BCUT2D eigenvalue weighted by Gasteiger charge is -2.02. The van der Waals surface area contributed by atoms with Crippen LogP contribution in [0.15, 0.2) is 45.4 Å². The Hall–Kier alpha value is -2.19. The van der Waals surface area contributed by atoms with E-state index in [9.17, 15) is 14.9 Å². The Labute approximate surface area is 133 Å². The Morgan fingerprint density at radius 1 is 1.36 bits per heavy atom. The molecular weight excluding hydrogens is 322 g/mol. The smallest absolute Gasteiger partial charge is 0.269 e. The number of benzene rings is 1. The quantitative estimate of drug-likeness (QED) is 0.416. The molecule has 0 saturated carbocycles. The summed E-state index contributed by atoms with van der Waals surface area (Å²) in [7, 11) is 0. The van der Waals surface area contributed by atoms with Gasteiger partial charge in [-0.15, -0.1) is 23.1 Å². The maximum absolute atomic E-state index is 12.1. The Bertz CT molecular complexity index is 900. The van der Waals surface area contributed by atoms with Crippen molar-refractivity contribution in [3.63, 3.8) is 0 Å². The van der Waals surface area contributed by atoms with Crippen LogP contribution in [0.25, 0.3) is 4.96 Å². The third kappa shape index (κ3) is 2.88. The first-order chi connectivity index (χ1) is 10.5. The maximum atomic E-state index is 12.1. The van der Waals surface area contributed by atoms with E-state index in [1.54, 1.807) is 16.5 Å². The van der Waals surface area contributed by atoms with Gasteiger partial charge in [-0.2, -0.15) is 0 Å². The molecule has 3 aromatic rings. The number of hydrogen-bond donors (Lipinski definition) is 0. The fraction of sp³-hybridized carbons (Fsp3) is 0.143. The van der Waals surface area contributed by atoms with E-state index in [2.05, 4.69) is 4.98 Å². The van der Waals surface area contributed by atoms with Crippen LogP contribution in [0.4, 0.5) is 5.69 Å². The van der Waals surface area contributed by atoms with E-state index >= 15 is 0 Å². The second-order valence-corrected chi connectivity index (χ2v) is 6.51. The number of nitro groups is 1. The predicted molar refractivity (Wildman–Crippen MR) is 86.7 cm³/mol. The van der Waals surface area contributed by atoms with Crippen LogP contribution in [0.1, 0.15) is 11.4 Å². The zero-order chi connectivity index (χ0) is 15.7. The van der Waals surface area contributed by atoms with Crippen LogP contribution >= 0.6 is 23.1 Å². The molecule has 0 saturated heterocycles. The first-order valence-corrected chi connectivity index (χ1v) is 8.25. The number of thioether (sulfide) groups is 1. The van der Waals surface area contributed by atoms with Gasteiger partial charge in [0.15, 0.2) is 4.96 Å². The maximum Gasteiger partial charge on any atom is 0.269 e. The van der Waals surface area contributed by atoms with Gasteiger partial charge in [0.2, 0.25) is 0 Å². The van der Waals surface area contributed by atoms with Crippen molar-refractivity contribution in [1.29, 1.82) is 0 Å². The number of thiazole rings is 1. The van der Waals surface area contributed by atoms with Crippen molar-refractivity contribution >= 4 is 33.7 Å². The van der Waals surface area contributed by atoms with E-state index in [0.717, 1.165) is 10.6 Å². The van der Waals surface area contributed by atoms with Crippen LogP contribution in [-0.2, 0) is 5.75 Å². The third-order valence-corrected chi connectivity index (χ3v) is 5.05. The van der Waals surface area contributed by atoms with Gasteiger partial charge in [0.1, 0.15) is 0 Å². The first kappa shape index (κ1) is 14.7. The van der Waals surface area contributed by atoms with Crippen molar-refractivity contribution < 1.29 is 4.92 Å². The molecule has 0 atom stereocenters. The van der Waals surface area contributed by atoms with Crippen molar-refractivity contribution in [3.05, 3.63) is 67.6 Å². The number of aromatic nitrogens is 2. The van der Waals surface area contributed by atoms with E-state index in [4.69, 9.17) is 0 Å². The van der Waals surface area contributed by atoms with Crippen LogP contribution in [0.3, 0.4) is 0 Å². The van der Waals surface area contributed by atoms with E-state index in [-0.39, 0.29) is 11.2 Å². The minimum absolute atomic E-state index is 0.0659. The first-order valence-electron chi connectivity index (χ1n) is 6.38. The standard InChI is InChI=1S/C14H11N3O3S2/c1-9-7-22-14-15-10(6-13(18)16(9)14)8-21-12-4-2-11(3-5-12)17(19)20/h2-7H,8H2,1H3. The van der Waals surface area contributed by atoms with Gasteiger partial charge in [-0.3, -0.25) is 19.3 Å². The van der Waals surface area contributed by atoms with Crippen LogP contribution in [-0.4, -0.2) is 14.3 Å². The molecular formula is C14H11N3O3S2. The fourth-order valence-corrected chi connectivity index (χ4v) is 3.68. The molecule has 0 unspecified atom stereocenters. The summed E-state index contributed by atoms with van der Waals surface area (Å²) in [6.07, 6.45) is 0. The van der Waals surface area contributed by atoms with E-state index in [1.165, 1.54) is 41.3 Å². The second-order valence-electron chi connectivity index (χ2n) is 4.62. The number of fused-ring (bicyclic) bond motifs is 1. The molecule has 112 valence electrons. The van der Waals surface area contributed by atoms with Gasteiger partial charge in [-0.25, -0.2) is 4.98 Å². The lowest BCUT2D eigenvalue weighted by atomic mass is 10.3. The van der Waals surface area contributed by atoms with Crippen LogP contribution in [0.5, 0.6) is 0 Å². The molecule has 0 bridgehead atoms. The fourth-order valence-electron chi connectivity index (χ4n) is 2.00. The summed E-state index contributed by atoms with van der Waals surface area (Å²) in [6, 6.07) is 7.87. The summed E-state index contributed by atoms with van der Waals surface area (Å²) in [5, 5.41) is 12.5. The molecule has 22 heavy (non-hydrogen) atoms. The summed E-state index contributed by atoms with van der Waals surface area (Å²) in [5.41, 5.74) is 1.57. The Morgan fingerprint density at radius 2 is 2.09 bits per heavy atom. The van der Waals surface area contributed by atoms with Crippen LogP contribution < -0.4 is 5.56 Å². The Kier molecular flexibility index (Phi) is 3.95. The molecule has 0 aliphatic rings. The van der Waals surface area contributed by atoms with E-state index in [0.29, 0.717) is 16.4 Å². The van der Waals surface area contributed by atoms with Crippen LogP contribution in [0, 0.1) is 17.0 Å². The van der Waals surface area contributed by atoms with Crippen molar-refractivity contribution in [3.8, 4) is 0 Å². The Balaban J connectivity index is 1.79. The minimum Gasteiger partial charge on any atom is -0.269 e. The molecule has 0 radical (unpaired) electrons. The topological polar surface area (TPSA) is 77.5 Å². The summed E-state index contributed by atoms with van der Waals surface area (Å²) in [5.74, 6) is 0.542. The highest BCUT2D eigenvalue weighted by atomic mass is 32.2. The second kappa shape index (κ2) is 5.90. The molecule has 0 spiro atoms. The largest absolute Gasteiger partial charge is 0.269 e. The molecule has 0 aliphatic heterocycles. The molecule has 8 heteroatoms. The van der Waals surface area contributed by atoms with E-state index in [1.807, 2.05) is 12.3 Å². The van der Waals surface area contributed by atoms with Crippen molar-refractivity contribution in [2.24, 2.45) is 0 Å². The summed E-state index contributed by atoms with van der Waals surface area (Å²) >= 11 is 2.93. The van der Waals surface area contributed by atoms with Gasteiger partial charge in [0.05, 0.1) is 10.6 Å². The molecule has 3 rings (SSSR count). The highest BCUT2D eigenvalue weighted by Gasteiger charge is 2.08. The predicted octanol–water partition coefficient (Wildman–Crippen LogP) is 3.26. The molecule has 2 heterocycles. The van der Waals surface area contributed by atoms with Crippen molar-refractivity contribution in [2.45, 2.75) is 17.6 Å². The van der Waals surface area contributed by atoms with Crippen LogP contribution in [0.2, 0.25) is 0 Å². The van der Waals surface area contributed by atoms with Crippen molar-refractivity contribution in [2.75, 3.05) is 0 Å². The highest BCUT2D eigenvalue weighted by molar-refractivity contribution is 7.98. The number of nitrogens with zero attached hydrogens (tertiary/aromatic N) is 3. The number of nitro benzene ring substituents is 1. The highest BCUT2D eigenvalue weighted by Crippen LogP contribution is 2.24. The van der Waals surface area contributed by atoms with Gasteiger partial charge < -0.3 is 0 Å². The average Bonchev–Trinajstić information content (AvgIpc) is 2.87. The molecule has 1 aromatic carbocycles. The molecule has 0 fully saturated rings. The van der Waals surface area contributed by atoms with Gasteiger partial charge >= 0.3 is 0 Å². The zero-order valence-electron chi connectivity index (χ0n) is 11.6. The number of non-ortho nitro benzene ring substituents is 1. The molecule has 2 aromatic heterocycles. The lowest BCUT2D eigenvalue weighted by Crippen LogP contribution is -2.14. The van der Waals surface area contributed by atoms with Crippen molar-refractivity contribution in [1.82, 2.24) is 9.38 Å². The summed E-state index contributed by atoms with van der Waals surface area (Å²) in [6.45, 7) is 1.87. The molecule has 0 N–H and O–H groups in total. The number of aryl methyl sites for hydroxylation is 1. The average molecular weight is 333 g/mol. The zero-order valence-corrected chi connectivity index (χ0v) is 13.2. The minimum atomic E-state index is -0.427. The number of rotatable bonds is 4. The Morgan fingerprint density at radius 3 is 2.77 bits per heavy atom. The van der Waals surface area contributed by atoms with Gasteiger partial charge in [-0.05, 0) is 19.1 Å². The van der Waals surface area contributed by atoms with Gasteiger partial charge in [0, 0.05) is 39.9 Å². The van der Waals surface area contributed by atoms with E-state index < -0.39 is 4.92 Å². The SMILES string of the molecule is Cc1csc2nc(CSc3ccc([N+](=O)[O-])cc3)cc(=O)n12. The lowest BCUT2D eigenvalue weighted by molar-refractivity contribution is -0.384. The van der Waals surface area contributed by atoms with Gasteiger partial charge in [0.25, 0.3) is 11.2 Å². The summed E-state index contributed by atoms with van der Waals surface area (Å²) in [4.78, 5) is 28.3. The molecule has 6 nitrogen and oxygen atoms in total. The normalized spacial score (nSPS) is 11.0. The molecule has 0 aliphatic carbocycles. The summed E-state index contributed by atoms with van der Waals surface area (Å²) < 4.78 is 1.59. The third-order valence-electron chi connectivity index (χ3n) is 3.06. The monoisotopic (exact) mass is 333 g/mol. The molecule has 0 amide bonds. The number of hydrogen-bond acceptors (Lipinski definition) is 6.